The number of aromatic nitrogens is 3. The summed E-state index contributed by atoms with van der Waals surface area (Å²) in [6.07, 6.45) is 2.29. The first-order chi connectivity index (χ1) is 6.81. The Hall–Kier alpha value is -0.581. The molecule has 0 unspecified atom stereocenters. The number of hydrogen-bond acceptors (Lipinski definition) is 3. The van der Waals surface area contributed by atoms with E-state index in [1.165, 1.54) is 0 Å². The Morgan fingerprint density at radius 3 is 2.73 bits per heavy atom. The first kappa shape index (κ1) is 14.4. The molecule has 0 aliphatic carbocycles. The minimum atomic E-state index is 0. The van der Waals surface area contributed by atoms with Crippen LogP contribution in [0.3, 0.4) is 0 Å². The molecule has 2 aromatic rings. The van der Waals surface area contributed by atoms with Gasteiger partial charge in [-0.3, -0.25) is 9.89 Å². The minimum Gasteiger partial charge on any atom is -0.440 e. The number of pyridine rings is 1. The molecule has 15 heavy (non-hydrogen) atoms. The van der Waals surface area contributed by atoms with E-state index in [1.54, 1.807) is 12.3 Å². The van der Waals surface area contributed by atoms with Gasteiger partial charge in [0.15, 0.2) is 6.29 Å². The van der Waals surface area contributed by atoms with Crippen LogP contribution in [0.4, 0.5) is 0 Å². The molecule has 0 fully saturated rings. The first-order valence-corrected chi connectivity index (χ1v) is 5.00. The van der Waals surface area contributed by atoms with E-state index in [9.17, 15) is 4.79 Å². The molecule has 6 heteroatoms. The predicted molar refractivity (Wildman–Crippen MR) is 57.3 cm³/mol. The third-order valence-corrected chi connectivity index (χ3v) is 1.91. The van der Waals surface area contributed by atoms with E-state index in [0.717, 1.165) is 4.47 Å². The normalized spacial score (nSPS) is 8.73. The standard InChI is InChI=1S/C7H4BrN3O.C2H6.Ir/c8-4-1-5-6(3-12)10-11-7(5)9-2-4;1-2;/h1-3H,(H,9,10,11,12);1-2H3;/p-1. The fraction of sp³-hybridized carbons (Fsp3) is 0.222. The number of halogens is 1. The molecular weight excluding hydrogens is 438 g/mol. The van der Waals surface area contributed by atoms with Crippen molar-refractivity contribution in [3.05, 3.63) is 22.4 Å². The van der Waals surface area contributed by atoms with Gasteiger partial charge in [-0.15, -0.1) is 0 Å². The van der Waals surface area contributed by atoms with E-state index in [1.807, 2.05) is 13.8 Å². The van der Waals surface area contributed by atoms with Crippen molar-refractivity contribution < 1.29 is 24.9 Å². The van der Waals surface area contributed by atoms with Gasteiger partial charge in [-0.1, -0.05) is 36.0 Å². The van der Waals surface area contributed by atoms with Crippen molar-refractivity contribution in [2.75, 3.05) is 0 Å². The third-order valence-electron chi connectivity index (χ3n) is 1.47. The van der Waals surface area contributed by atoms with Crippen molar-refractivity contribution in [1.82, 2.24) is 15.2 Å². The molecule has 0 aliphatic heterocycles. The molecule has 4 nitrogen and oxygen atoms in total. The first-order valence-electron chi connectivity index (χ1n) is 4.21. The smallest absolute Gasteiger partial charge is 0.168 e. The van der Waals surface area contributed by atoms with Crippen LogP contribution in [0.2, 0.25) is 0 Å². The number of aldehydes is 1. The second-order valence-corrected chi connectivity index (χ2v) is 3.14. The SMILES string of the molecule is CC.O=Cc1n[n-]c2ncc(Br)cc12.[Ir]. The summed E-state index contributed by atoms with van der Waals surface area (Å²) in [6, 6.07) is 1.77. The fourth-order valence-electron chi connectivity index (χ4n) is 0.942. The van der Waals surface area contributed by atoms with E-state index in [2.05, 4.69) is 31.1 Å². The maximum atomic E-state index is 10.4. The van der Waals surface area contributed by atoms with Crippen LogP contribution in [0.1, 0.15) is 24.3 Å². The average Bonchev–Trinajstić information content (AvgIpc) is 2.63. The van der Waals surface area contributed by atoms with E-state index in [4.69, 9.17) is 0 Å². The molecule has 0 saturated carbocycles. The van der Waals surface area contributed by atoms with E-state index in [-0.39, 0.29) is 20.1 Å². The summed E-state index contributed by atoms with van der Waals surface area (Å²) in [5.41, 5.74) is 0.833. The van der Waals surface area contributed by atoms with Gasteiger partial charge in [0, 0.05) is 30.0 Å². The minimum absolute atomic E-state index is 0. The molecule has 0 aliphatic rings. The van der Waals surface area contributed by atoms with Crippen molar-refractivity contribution in [2.45, 2.75) is 13.8 Å². The van der Waals surface area contributed by atoms with Gasteiger partial charge >= 0.3 is 0 Å². The van der Waals surface area contributed by atoms with Crippen LogP contribution in [-0.2, 0) is 20.1 Å². The van der Waals surface area contributed by atoms with Crippen LogP contribution in [0.25, 0.3) is 11.0 Å². The predicted octanol–water partition coefficient (Wildman–Crippen LogP) is 2.19. The quantitative estimate of drug-likeness (QED) is 0.630. The molecular formula is C9H9BrIrN3O-. The van der Waals surface area contributed by atoms with Crippen LogP contribution < -0.4 is 5.10 Å². The van der Waals surface area contributed by atoms with Crippen LogP contribution in [0.5, 0.6) is 0 Å². The Labute approximate surface area is 109 Å². The van der Waals surface area contributed by atoms with Gasteiger partial charge in [0.05, 0.1) is 0 Å². The van der Waals surface area contributed by atoms with Crippen LogP contribution >= 0.6 is 15.9 Å². The zero-order chi connectivity index (χ0) is 10.6. The van der Waals surface area contributed by atoms with Crippen molar-refractivity contribution in [1.29, 1.82) is 0 Å². The molecule has 0 aromatic carbocycles. The molecule has 2 rings (SSSR count). The Kier molecular flexibility index (Phi) is 6.56. The maximum absolute atomic E-state index is 10.4. The van der Waals surface area contributed by atoms with Crippen molar-refractivity contribution in [3.8, 4) is 0 Å². The van der Waals surface area contributed by atoms with Gasteiger partial charge in [0.2, 0.25) is 0 Å². The zero-order valence-corrected chi connectivity index (χ0v) is 12.2. The Morgan fingerprint density at radius 1 is 1.47 bits per heavy atom. The van der Waals surface area contributed by atoms with Gasteiger partial charge < -0.3 is 10.1 Å². The summed E-state index contributed by atoms with van der Waals surface area (Å²) in [5, 5.41) is 8.05. The molecule has 0 bridgehead atoms. The number of rotatable bonds is 1. The van der Waals surface area contributed by atoms with Gasteiger partial charge in [-0.25, -0.2) is 0 Å². The molecule has 0 spiro atoms. The van der Waals surface area contributed by atoms with E-state index < -0.39 is 0 Å². The van der Waals surface area contributed by atoms with Gasteiger partial charge in [-0.05, 0) is 11.7 Å². The summed E-state index contributed by atoms with van der Waals surface area (Å²) < 4.78 is 0.813. The van der Waals surface area contributed by atoms with Crippen LogP contribution in [-0.4, -0.2) is 16.4 Å². The Morgan fingerprint density at radius 2 is 2.13 bits per heavy atom. The molecule has 0 saturated heterocycles. The number of hydrogen-bond donors (Lipinski definition) is 0. The summed E-state index contributed by atoms with van der Waals surface area (Å²) in [7, 11) is 0. The van der Waals surface area contributed by atoms with Crippen LogP contribution in [0, 0.1) is 0 Å². The fourth-order valence-corrected chi connectivity index (χ4v) is 1.27. The molecule has 83 valence electrons. The second kappa shape index (κ2) is 6.82. The number of nitrogens with zero attached hydrogens (tertiary/aromatic N) is 3. The summed E-state index contributed by atoms with van der Waals surface area (Å²) >= 11 is 3.25. The number of carbonyl (C=O) groups is 1. The summed E-state index contributed by atoms with van der Waals surface area (Å²) in [6.45, 7) is 4.00. The van der Waals surface area contributed by atoms with Crippen molar-refractivity contribution >= 4 is 33.2 Å². The Balaban J connectivity index is 0.000000617. The molecule has 0 amide bonds. The average molecular weight is 447 g/mol. The molecule has 0 N–H and O–H groups in total. The summed E-state index contributed by atoms with van der Waals surface area (Å²) in [5.74, 6) is 0. The summed E-state index contributed by atoms with van der Waals surface area (Å²) in [4.78, 5) is 14.4. The van der Waals surface area contributed by atoms with Gasteiger partial charge in [-0.2, -0.15) is 0 Å². The topological polar surface area (TPSA) is 57.0 Å². The third kappa shape index (κ3) is 3.19. The molecule has 2 aromatic heterocycles. The number of carbonyl (C=O) groups excluding carboxylic acids is 1. The Bertz CT molecular complexity index is 444. The maximum Gasteiger partial charge on any atom is 0.168 e. The molecule has 0 atom stereocenters. The van der Waals surface area contributed by atoms with Crippen LogP contribution in [0.15, 0.2) is 16.7 Å². The second-order valence-electron chi connectivity index (χ2n) is 2.23. The van der Waals surface area contributed by atoms with E-state index in [0.29, 0.717) is 23.0 Å². The van der Waals surface area contributed by atoms with Gasteiger partial charge in [0.1, 0.15) is 5.69 Å². The van der Waals surface area contributed by atoms with E-state index >= 15 is 0 Å². The van der Waals surface area contributed by atoms with Gasteiger partial charge in [0.25, 0.3) is 0 Å². The zero-order valence-electron chi connectivity index (χ0n) is 8.19. The monoisotopic (exact) mass is 447 g/mol. The largest absolute Gasteiger partial charge is 0.440 e. The van der Waals surface area contributed by atoms with Crippen molar-refractivity contribution in [2.24, 2.45) is 0 Å². The molecule has 1 radical (unpaired) electrons. The number of fused-ring (bicyclic) bond motifs is 1. The van der Waals surface area contributed by atoms with Crippen molar-refractivity contribution in [3.63, 3.8) is 0 Å². The molecule has 2 heterocycles.